The van der Waals surface area contributed by atoms with Crippen LogP contribution in [0.15, 0.2) is 35.9 Å². The molecule has 4 rings (SSSR count). The van der Waals surface area contributed by atoms with E-state index in [0.29, 0.717) is 5.92 Å². The Balaban J connectivity index is 1.77. The Hall–Kier alpha value is -1.58. The lowest BCUT2D eigenvalue weighted by Crippen LogP contribution is -2.36. The Labute approximate surface area is 138 Å². The van der Waals surface area contributed by atoms with E-state index in [4.69, 9.17) is 4.74 Å². The van der Waals surface area contributed by atoms with Gasteiger partial charge in [0.25, 0.3) is 0 Å². The zero-order chi connectivity index (χ0) is 15.8. The quantitative estimate of drug-likeness (QED) is 0.847. The highest BCUT2D eigenvalue weighted by atomic mass is 16.5. The molecule has 0 saturated heterocycles. The third kappa shape index (κ3) is 2.73. The SMILES string of the molecule is CCC1=C[C@H]2C[C@@H](OC)c3[nH]c4ccccc4c3CCN(C1)C2. The van der Waals surface area contributed by atoms with Crippen LogP contribution in [0.2, 0.25) is 0 Å². The maximum Gasteiger partial charge on any atom is 0.0977 e. The van der Waals surface area contributed by atoms with Crippen molar-refractivity contribution in [1.29, 1.82) is 0 Å². The van der Waals surface area contributed by atoms with Crippen LogP contribution in [0.25, 0.3) is 10.9 Å². The number of para-hydroxylation sites is 1. The lowest BCUT2D eigenvalue weighted by atomic mass is 9.92. The first-order valence-corrected chi connectivity index (χ1v) is 8.82. The van der Waals surface area contributed by atoms with Crippen molar-refractivity contribution in [3.63, 3.8) is 0 Å². The maximum atomic E-state index is 5.92. The minimum Gasteiger partial charge on any atom is -0.375 e. The summed E-state index contributed by atoms with van der Waals surface area (Å²) in [7, 11) is 1.85. The van der Waals surface area contributed by atoms with Crippen LogP contribution in [0, 0.1) is 5.92 Å². The van der Waals surface area contributed by atoms with E-state index in [-0.39, 0.29) is 6.10 Å². The Morgan fingerprint density at radius 1 is 1.30 bits per heavy atom. The van der Waals surface area contributed by atoms with Crippen molar-refractivity contribution >= 4 is 10.9 Å². The average molecular weight is 310 g/mol. The number of aromatic amines is 1. The molecule has 3 heteroatoms. The van der Waals surface area contributed by atoms with Crippen LogP contribution in [-0.2, 0) is 11.2 Å². The molecule has 0 aliphatic carbocycles. The molecule has 0 saturated carbocycles. The summed E-state index contributed by atoms with van der Waals surface area (Å²) in [6.07, 6.45) is 6.00. The number of nitrogens with one attached hydrogen (secondary N) is 1. The van der Waals surface area contributed by atoms with E-state index in [1.165, 1.54) is 35.1 Å². The molecular weight excluding hydrogens is 284 g/mol. The van der Waals surface area contributed by atoms with Crippen LogP contribution in [0.1, 0.15) is 37.1 Å². The zero-order valence-electron chi connectivity index (χ0n) is 14.1. The van der Waals surface area contributed by atoms with E-state index in [1.807, 2.05) is 7.11 Å². The average Bonchev–Trinajstić information content (AvgIpc) is 2.96. The number of benzene rings is 1. The predicted octanol–water partition coefficient (Wildman–Crippen LogP) is 4.07. The second-order valence-corrected chi connectivity index (χ2v) is 6.95. The van der Waals surface area contributed by atoms with Crippen LogP contribution < -0.4 is 0 Å². The number of aromatic nitrogens is 1. The molecular formula is C20H26N2O. The van der Waals surface area contributed by atoms with Gasteiger partial charge >= 0.3 is 0 Å². The smallest absolute Gasteiger partial charge is 0.0977 e. The van der Waals surface area contributed by atoms with Gasteiger partial charge in [-0.2, -0.15) is 0 Å². The molecule has 1 N–H and O–H groups in total. The summed E-state index contributed by atoms with van der Waals surface area (Å²) in [5.41, 5.74) is 5.59. The molecule has 2 bridgehead atoms. The summed E-state index contributed by atoms with van der Waals surface area (Å²) in [5.74, 6) is 0.598. The van der Waals surface area contributed by atoms with Gasteiger partial charge in [0.15, 0.2) is 0 Å². The molecule has 3 nitrogen and oxygen atoms in total. The number of hydrogen-bond acceptors (Lipinski definition) is 2. The van der Waals surface area contributed by atoms with E-state index < -0.39 is 0 Å². The second-order valence-electron chi connectivity index (χ2n) is 6.95. The van der Waals surface area contributed by atoms with Gasteiger partial charge in [0, 0.05) is 43.3 Å². The third-order valence-electron chi connectivity index (χ3n) is 5.49. The topological polar surface area (TPSA) is 28.3 Å². The Morgan fingerprint density at radius 3 is 3.00 bits per heavy atom. The zero-order valence-corrected chi connectivity index (χ0v) is 14.1. The van der Waals surface area contributed by atoms with E-state index in [0.717, 1.165) is 25.9 Å². The number of ether oxygens (including phenoxy) is 1. The van der Waals surface area contributed by atoms with Crippen molar-refractivity contribution in [2.45, 2.75) is 32.3 Å². The summed E-state index contributed by atoms with van der Waals surface area (Å²) in [4.78, 5) is 6.29. The number of methoxy groups -OCH3 is 1. The molecule has 0 fully saturated rings. The minimum absolute atomic E-state index is 0.162. The Kier molecular flexibility index (Phi) is 4.00. The molecule has 3 heterocycles. The fourth-order valence-corrected chi connectivity index (χ4v) is 4.31. The fraction of sp³-hybridized carbons (Fsp3) is 0.500. The molecule has 1 aromatic carbocycles. The lowest BCUT2D eigenvalue weighted by Gasteiger charge is -2.32. The van der Waals surface area contributed by atoms with Crippen molar-refractivity contribution < 1.29 is 4.74 Å². The van der Waals surface area contributed by atoms with Gasteiger partial charge in [-0.1, -0.05) is 36.8 Å². The first kappa shape index (κ1) is 15.0. The molecule has 1 aromatic heterocycles. The van der Waals surface area contributed by atoms with Gasteiger partial charge < -0.3 is 9.72 Å². The van der Waals surface area contributed by atoms with Crippen molar-refractivity contribution in [2.75, 3.05) is 26.7 Å². The number of hydrogen-bond donors (Lipinski definition) is 1. The summed E-state index contributed by atoms with van der Waals surface area (Å²) >= 11 is 0. The van der Waals surface area contributed by atoms with Gasteiger partial charge in [0.1, 0.15) is 0 Å². The van der Waals surface area contributed by atoms with Crippen LogP contribution in [0.4, 0.5) is 0 Å². The Bertz CT molecular complexity index is 730. The highest BCUT2D eigenvalue weighted by Crippen LogP contribution is 2.35. The largest absolute Gasteiger partial charge is 0.375 e. The third-order valence-corrected chi connectivity index (χ3v) is 5.49. The molecule has 3 atom stereocenters. The van der Waals surface area contributed by atoms with Crippen LogP contribution in [0.3, 0.4) is 0 Å². The second kappa shape index (κ2) is 6.14. The van der Waals surface area contributed by atoms with Gasteiger partial charge in [-0.05, 0) is 36.8 Å². The van der Waals surface area contributed by atoms with Crippen molar-refractivity contribution in [1.82, 2.24) is 9.88 Å². The summed E-state index contributed by atoms with van der Waals surface area (Å²) in [5, 5.41) is 1.37. The van der Waals surface area contributed by atoms with Gasteiger partial charge in [0.2, 0.25) is 0 Å². The molecule has 1 unspecified atom stereocenters. The lowest BCUT2D eigenvalue weighted by molar-refractivity contribution is 0.0771. The molecule has 0 spiro atoms. The van der Waals surface area contributed by atoms with E-state index >= 15 is 0 Å². The van der Waals surface area contributed by atoms with Crippen molar-refractivity contribution in [3.8, 4) is 0 Å². The molecule has 2 aromatic rings. The minimum atomic E-state index is 0.162. The summed E-state index contributed by atoms with van der Waals surface area (Å²) < 4.78 is 5.92. The van der Waals surface area contributed by atoms with Crippen molar-refractivity contribution in [3.05, 3.63) is 47.2 Å². The van der Waals surface area contributed by atoms with E-state index in [1.54, 1.807) is 5.57 Å². The molecule has 122 valence electrons. The van der Waals surface area contributed by atoms with Gasteiger partial charge in [-0.15, -0.1) is 0 Å². The fourth-order valence-electron chi connectivity index (χ4n) is 4.31. The number of nitrogens with zero attached hydrogens (tertiary/aromatic N) is 1. The molecule has 2 aliphatic rings. The van der Waals surface area contributed by atoms with Gasteiger partial charge in [0.05, 0.1) is 6.10 Å². The summed E-state index contributed by atoms with van der Waals surface area (Å²) in [6.45, 7) is 5.73. The van der Waals surface area contributed by atoms with Crippen molar-refractivity contribution in [2.24, 2.45) is 5.92 Å². The summed E-state index contributed by atoms with van der Waals surface area (Å²) in [6, 6.07) is 8.67. The molecule has 2 aliphatic heterocycles. The van der Waals surface area contributed by atoms with Crippen LogP contribution in [0.5, 0.6) is 0 Å². The maximum absolute atomic E-state index is 5.92. The van der Waals surface area contributed by atoms with Gasteiger partial charge in [-0.3, -0.25) is 4.90 Å². The predicted molar refractivity (Wildman–Crippen MR) is 94.7 cm³/mol. The molecule has 23 heavy (non-hydrogen) atoms. The molecule has 0 radical (unpaired) electrons. The standard InChI is InChI=1S/C20H26N2O/c1-3-14-10-15-11-19(23-2)20-17(8-9-22(12-14)13-15)16-6-4-5-7-18(16)21-20/h4-7,10,15,19,21H,3,8-9,11-13H2,1-2H3/t15-,19+/m0/s1. The first-order valence-electron chi connectivity index (χ1n) is 8.82. The first-order chi connectivity index (χ1) is 11.3. The highest BCUT2D eigenvalue weighted by molar-refractivity contribution is 5.84. The normalized spacial score (nSPS) is 27.7. The van der Waals surface area contributed by atoms with Crippen LogP contribution in [-0.4, -0.2) is 36.6 Å². The van der Waals surface area contributed by atoms with E-state index in [2.05, 4.69) is 47.1 Å². The highest BCUT2D eigenvalue weighted by Gasteiger charge is 2.28. The van der Waals surface area contributed by atoms with E-state index in [9.17, 15) is 0 Å². The van der Waals surface area contributed by atoms with Gasteiger partial charge in [-0.25, -0.2) is 0 Å². The number of fused-ring (bicyclic) bond motifs is 5. The van der Waals surface area contributed by atoms with Crippen LogP contribution >= 0.6 is 0 Å². The monoisotopic (exact) mass is 310 g/mol. The Morgan fingerprint density at radius 2 is 2.17 bits per heavy atom. The number of H-pyrrole nitrogens is 1. The molecule has 0 amide bonds. The number of rotatable bonds is 2.